The number of anilines is 4. The van der Waals surface area contributed by atoms with Crippen molar-refractivity contribution in [1.82, 2.24) is 9.97 Å². The van der Waals surface area contributed by atoms with Gasteiger partial charge in [0.15, 0.2) is 0 Å². The van der Waals surface area contributed by atoms with E-state index in [4.69, 9.17) is 4.43 Å². The van der Waals surface area contributed by atoms with Crippen molar-refractivity contribution in [3.8, 4) is 5.75 Å². The Hall–Kier alpha value is -3.32. The minimum absolute atomic E-state index is 0.0193. The molecule has 0 unspecified atom stereocenters. The molecule has 212 valence electrons. The Balaban J connectivity index is 1.80. The van der Waals surface area contributed by atoms with E-state index < -0.39 is 35.9 Å². The SMILES string of the molecule is CN(c1cccc(CNc2nc(Nc3ccc(O[Si](C)(C)C(C)(C)C)cc3)ncc2C(F)(F)F)c1)S(C)(=O)=O. The summed E-state index contributed by atoms with van der Waals surface area (Å²) >= 11 is 0. The van der Waals surface area contributed by atoms with Crippen molar-refractivity contribution in [1.29, 1.82) is 0 Å². The van der Waals surface area contributed by atoms with Crippen molar-refractivity contribution in [2.75, 3.05) is 28.2 Å². The summed E-state index contributed by atoms with van der Waals surface area (Å²) in [5.74, 6) is 0.292. The molecule has 13 heteroatoms. The van der Waals surface area contributed by atoms with Gasteiger partial charge in [-0.15, -0.1) is 0 Å². The van der Waals surface area contributed by atoms with Crippen LogP contribution < -0.4 is 19.4 Å². The Morgan fingerprint density at radius 1 is 1.05 bits per heavy atom. The number of nitrogens with zero attached hydrogens (tertiary/aromatic N) is 3. The highest BCUT2D eigenvalue weighted by molar-refractivity contribution is 7.92. The number of rotatable bonds is 9. The third kappa shape index (κ3) is 7.85. The van der Waals surface area contributed by atoms with Gasteiger partial charge in [-0.1, -0.05) is 32.9 Å². The second kappa shape index (κ2) is 11.0. The summed E-state index contributed by atoms with van der Waals surface area (Å²) in [5.41, 5.74) is 0.524. The molecule has 1 aromatic heterocycles. The van der Waals surface area contributed by atoms with Gasteiger partial charge in [0.05, 0.1) is 11.9 Å². The molecular weight excluding hydrogens is 547 g/mol. The minimum atomic E-state index is -4.68. The first kappa shape index (κ1) is 30.2. The highest BCUT2D eigenvalue weighted by atomic mass is 32.2. The van der Waals surface area contributed by atoms with Crippen LogP contribution in [0.25, 0.3) is 0 Å². The standard InChI is InChI=1S/C26H34F3N5O3SSi/c1-25(2,3)39(6,7)37-21-13-11-19(12-14-21)32-24-31-17-22(26(27,28)29)23(33-24)30-16-18-9-8-10-20(15-18)34(4)38(5,35)36/h8-15,17H,16H2,1-7H3,(H2,30,31,32,33). The van der Waals surface area contributed by atoms with Crippen molar-refractivity contribution < 1.29 is 26.0 Å². The maximum absolute atomic E-state index is 13.7. The third-order valence-corrected chi connectivity index (χ3v) is 12.2. The summed E-state index contributed by atoms with van der Waals surface area (Å²) in [5, 5.41) is 5.69. The lowest BCUT2D eigenvalue weighted by atomic mass is 10.2. The van der Waals surface area contributed by atoms with Crippen LogP contribution in [-0.2, 0) is 22.7 Å². The molecule has 0 aliphatic rings. The molecule has 0 amide bonds. The van der Waals surface area contributed by atoms with E-state index in [0.717, 1.165) is 16.8 Å². The van der Waals surface area contributed by atoms with E-state index in [1.807, 2.05) is 0 Å². The van der Waals surface area contributed by atoms with Crippen LogP contribution in [0.4, 0.5) is 36.3 Å². The number of alkyl halides is 3. The average Bonchev–Trinajstić information content (AvgIpc) is 2.81. The highest BCUT2D eigenvalue weighted by Gasteiger charge is 2.39. The summed E-state index contributed by atoms with van der Waals surface area (Å²) in [6.45, 7) is 10.7. The van der Waals surface area contributed by atoms with E-state index in [-0.39, 0.29) is 17.5 Å². The first-order chi connectivity index (χ1) is 17.9. The van der Waals surface area contributed by atoms with E-state index in [1.165, 1.54) is 7.05 Å². The molecule has 0 atom stereocenters. The molecule has 0 radical (unpaired) electrons. The molecule has 1 heterocycles. The highest BCUT2D eigenvalue weighted by Crippen LogP contribution is 2.38. The fourth-order valence-electron chi connectivity index (χ4n) is 3.21. The number of aromatic nitrogens is 2. The summed E-state index contributed by atoms with van der Waals surface area (Å²) in [6, 6.07) is 13.6. The number of halogens is 3. The van der Waals surface area contributed by atoms with Crippen LogP contribution in [0.1, 0.15) is 31.9 Å². The van der Waals surface area contributed by atoms with E-state index >= 15 is 0 Å². The van der Waals surface area contributed by atoms with Gasteiger partial charge in [0, 0.05) is 25.5 Å². The molecule has 0 saturated carbocycles. The number of hydrogen-bond acceptors (Lipinski definition) is 7. The van der Waals surface area contributed by atoms with Gasteiger partial charge in [-0.05, 0) is 60.1 Å². The van der Waals surface area contributed by atoms with Gasteiger partial charge in [0.1, 0.15) is 17.1 Å². The number of sulfonamides is 1. The zero-order chi connectivity index (χ0) is 29.2. The Bertz CT molecular complexity index is 1410. The van der Waals surface area contributed by atoms with Gasteiger partial charge in [0.25, 0.3) is 0 Å². The summed E-state index contributed by atoms with van der Waals surface area (Å²) in [6.07, 6.45) is -2.89. The Morgan fingerprint density at radius 3 is 2.26 bits per heavy atom. The molecule has 2 aromatic carbocycles. The van der Waals surface area contributed by atoms with Crippen molar-refractivity contribution in [2.45, 2.75) is 51.6 Å². The fourth-order valence-corrected chi connectivity index (χ4v) is 4.73. The quantitative estimate of drug-likeness (QED) is 0.274. The average molecular weight is 582 g/mol. The van der Waals surface area contributed by atoms with Crippen LogP contribution in [0.5, 0.6) is 5.75 Å². The van der Waals surface area contributed by atoms with E-state index in [0.29, 0.717) is 22.7 Å². The second-order valence-corrected chi connectivity index (χ2v) is 17.5. The van der Waals surface area contributed by atoms with Gasteiger partial charge >= 0.3 is 6.18 Å². The molecule has 0 aliphatic carbocycles. The number of hydrogen-bond donors (Lipinski definition) is 2. The molecule has 2 N–H and O–H groups in total. The first-order valence-corrected chi connectivity index (χ1v) is 16.9. The van der Waals surface area contributed by atoms with Crippen LogP contribution >= 0.6 is 0 Å². The van der Waals surface area contributed by atoms with Gasteiger partial charge in [0.2, 0.25) is 24.3 Å². The van der Waals surface area contributed by atoms with E-state index in [2.05, 4.69) is 54.5 Å². The Morgan fingerprint density at radius 2 is 1.69 bits per heavy atom. The predicted octanol–water partition coefficient (Wildman–Crippen LogP) is 6.63. The molecule has 0 aliphatic heterocycles. The predicted molar refractivity (Wildman–Crippen MR) is 152 cm³/mol. The zero-order valence-electron chi connectivity index (χ0n) is 23.0. The summed E-state index contributed by atoms with van der Waals surface area (Å²) in [7, 11) is -4.11. The molecule has 0 bridgehead atoms. The topological polar surface area (TPSA) is 96.4 Å². The van der Waals surface area contributed by atoms with Crippen LogP contribution in [0.3, 0.4) is 0 Å². The van der Waals surface area contributed by atoms with Crippen LogP contribution in [0, 0.1) is 0 Å². The summed E-state index contributed by atoms with van der Waals surface area (Å²) in [4.78, 5) is 7.93. The lowest BCUT2D eigenvalue weighted by Crippen LogP contribution is -2.43. The molecule has 0 spiro atoms. The molecular formula is C26H34F3N5O3SSi. The zero-order valence-corrected chi connectivity index (χ0v) is 24.8. The normalized spacial score (nSPS) is 12.7. The maximum atomic E-state index is 13.7. The van der Waals surface area contributed by atoms with Gasteiger partial charge in [-0.3, -0.25) is 4.31 Å². The maximum Gasteiger partial charge on any atom is 0.421 e. The monoisotopic (exact) mass is 581 g/mol. The van der Waals surface area contributed by atoms with Crippen LogP contribution in [-0.4, -0.2) is 40.0 Å². The Labute approximate surface area is 228 Å². The smallest absolute Gasteiger partial charge is 0.421 e. The van der Waals surface area contributed by atoms with Crippen molar-refractivity contribution >= 4 is 41.5 Å². The Kier molecular flexibility index (Phi) is 8.56. The van der Waals surface area contributed by atoms with Gasteiger partial charge in [-0.2, -0.15) is 18.2 Å². The molecule has 3 rings (SSSR count). The second-order valence-electron chi connectivity index (χ2n) is 10.7. The molecule has 8 nitrogen and oxygen atoms in total. The van der Waals surface area contributed by atoms with E-state index in [1.54, 1.807) is 48.5 Å². The number of nitrogens with one attached hydrogen (secondary N) is 2. The fraction of sp³-hybridized carbons (Fsp3) is 0.385. The minimum Gasteiger partial charge on any atom is -0.544 e. The lowest BCUT2D eigenvalue weighted by Gasteiger charge is -2.36. The van der Waals surface area contributed by atoms with Crippen molar-refractivity contribution in [3.05, 3.63) is 65.9 Å². The van der Waals surface area contributed by atoms with E-state index in [9.17, 15) is 21.6 Å². The molecule has 0 fully saturated rings. The number of benzene rings is 2. The summed E-state index contributed by atoms with van der Waals surface area (Å²) < 4.78 is 72.1. The third-order valence-electron chi connectivity index (χ3n) is 6.62. The van der Waals surface area contributed by atoms with Gasteiger partial charge in [-0.25, -0.2) is 13.4 Å². The molecule has 3 aromatic rings. The first-order valence-electron chi connectivity index (χ1n) is 12.1. The molecule has 39 heavy (non-hydrogen) atoms. The van der Waals surface area contributed by atoms with Crippen LogP contribution in [0.2, 0.25) is 18.1 Å². The molecule has 0 saturated heterocycles. The van der Waals surface area contributed by atoms with Gasteiger partial charge < -0.3 is 15.1 Å². The van der Waals surface area contributed by atoms with Crippen molar-refractivity contribution in [3.63, 3.8) is 0 Å². The van der Waals surface area contributed by atoms with Crippen molar-refractivity contribution in [2.24, 2.45) is 0 Å². The van der Waals surface area contributed by atoms with Crippen LogP contribution in [0.15, 0.2) is 54.7 Å². The largest absolute Gasteiger partial charge is 0.544 e. The lowest BCUT2D eigenvalue weighted by molar-refractivity contribution is -0.137.